The van der Waals surface area contributed by atoms with Crippen LogP contribution < -0.4 is 9.47 Å². The van der Waals surface area contributed by atoms with Gasteiger partial charge in [-0.15, -0.1) is 6.58 Å². The van der Waals surface area contributed by atoms with Crippen molar-refractivity contribution in [2.24, 2.45) is 5.92 Å². The van der Waals surface area contributed by atoms with Crippen LogP contribution in [0.1, 0.15) is 25.0 Å². The lowest BCUT2D eigenvalue weighted by Crippen LogP contribution is -2.38. The molecule has 1 saturated heterocycles. The monoisotopic (exact) mass is 356 g/mol. The van der Waals surface area contributed by atoms with Crippen LogP contribution in [0.3, 0.4) is 0 Å². The maximum absolute atomic E-state index is 12.4. The number of allylic oxidation sites excluding steroid dienone is 3. The summed E-state index contributed by atoms with van der Waals surface area (Å²) in [5.41, 5.74) is 0.853. The summed E-state index contributed by atoms with van der Waals surface area (Å²) in [7, 11) is 4.84. The molecule has 3 atom stereocenters. The first kappa shape index (κ1) is 18.3. The van der Waals surface area contributed by atoms with Gasteiger partial charge in [0.05, 0.1) is 14.2 Å². The first-order chi connectivity index (χ1) is 12.5. The normalized spacial score (nSPS) is 27.2. The van der Waals surface area contributed by atoms with E-state index in [1.54, 1.807) is 33.5 Å². The van der Waals surface area contributed by atoms with E-state index in [0.29, 0.717) is 29.3 Å². The first-order valence-electron chi connectivity index (χ1n) is 8.53. The lowest BCUT2D eigenvalue weighted by Gasteiger charge is -2.31. The summed E-state index contributed by atoms with van der Waals surface area (Å²) in [6, 6.07) is 5.70. The molecule has 138 valence electrons. The summed E-state index contributed by atoms with van der Waals surface area (Å²) in [6.07, 6.45) is 5.38. The maximum Gasteiger partial charge on any atom is 0.185 e. The number of ketones is 1. The Bertz CT molecular complexity index is 792. The Balaban J connectivity index is 2.03. The fraction of sp³-hybridized carbons (Fsp3) is 0.381. The van der Waals surface area contributed by atoms with Crippen LogP contribution in [0.4, 0.5) is 0 Å². The molecule has 1 heterocycles. The van der Waals surface area contributed by atoms with Gasteiger partial charge in [0.15, 0.2) is 17.3 Å². The second-order valence-corrected chi connectivity index (χ2v) is 6.47. The highest BCUT2D eigenvalue weighted by Gasteiger charge is 2.53. The van der Waals surface area contributed by atoms with E-state index in [-0.39, 0.29) is 17.8 Å². The largest absolute Gasteiger partial charge is 0.493 e. The molecule has 0 aromatic heterocycles. The van der Waals surface area contributed by atoms with E-state index in [1.807, 2.05) is 24.3 Å². The van der Waals surface area contributed by atoms with Crippen molar-refractivity contribution in [3.63, 3.8) is 0 Å². The Morgan fingerprint density at radius 2 is 1.96 bits per heavy atom. The molecule has 3 rings (SSSR count). The van der Waals surface area contributed by atoms with Crippen molar-refractivity contribution in [1.82, 2.24) is 0 Å². The lowest BCUT2D eigenvalue weighted by atomic mass is 9.78. The first-order valence-corrected chi connectivity index (χ1v) is 8.53. The predicted molar refractivity (Wildman–Crippen MR) is 98.3 cm³/mol. The van der Waals surface area contributed by atoms with Crippen LogP contribution in [0.5, 0.6) is 11.5 Å². The number of hydrogen-bond acceptors (Lipinski definition) is 5. The summed E-state index contributed by atoms with van der Waals surface area (Å²) in [6.45, 7) is 5.79. The minimum atomic E-state index is -0.760. The highest BCUT2D eigenvalue weighted by atomic mass is 16.6. The zero-order valence-electron chi connectivity index (χ0n) is 15.6. The number of hydrogen-bond donors (Lipinski definition) is 0. The molecule has 1 aliphatic carbocycles. The van der Waals surface area contributed by atoms with Crippen molar-refractivity contribution in [2.45, 2.75) is 25.0 Å². The van der Waals surface area contributed by atoms with Gasteiger partial charge in [0.25, 0.3) is 0 Å². The maximum atomic E-state index is 12.4. The Morgan fingerprint density at radius 3 is 2.58 bits per heavy atom. The molecule has 1 aliphatic heterocycles. The summed E-state index contributed by atoms with van der Waals surface area (Å²) in [5.74, 6) is 1.74. The molecule has 0 saturated carbocycles. The Labute approximate surface area is 153 Å². The average Bonchev–Trinajstić information content (AvgIpc) is 2.94. The van der Waals surface area contributed by atoms with Gasteiger partial charge in [-0.1, -0.05) is 19.1 Å². The third kappa shape index (κ3) is 2.72. The standard InChI is InChI=1S/C21H24O5/c1-6-7-15-12-21(25-5)13(2)20(26-19(21)11-16(15)22)14-8-9-17(23-3)18(10-14)24-4/h6,8-13,20H,1,7H2,2-5H3/t13-,20-,21+/m0/s1. The van der Waals surface area contributed by atoms with Crippen molar-refractivity contribution >= 4 is 5.78 Å². The molecule has 26 heavy (non-hydrogen) atoms. The SMILES string of the molecule is C=CCC1=C[C@]2(OC)C(=CC1=O)O[C@H](c1ccc(OC)c(OC)c1)[C@@H]2C. The number of fused-ring (bicyclic) bond motifs is 1. The van der Waals surface area contributed by atoms with Crippen LogP contribution in [-0.2, 0) is 14.3 Å². The molecule has 0 unspecified atom stereocenters. The molecule has 1 aromatic rings. The van der Waals surface area contributed by atoms with Gasteiger partial charge in [0.2, 0.25) is 0 Å². The lowest BCUT2D eigenvalue weighted by molar-refractivity contribution is -0.112. The molecular weight excluding hydrogens is 332 g/mol. The van der Waals surface area contributed by atoms with E-state index >= 15 is 0 Å². The van der Waals surface area contributed by atoms with Gasteiger partial charge >= 0.3 is 0 Å². The minimum absolute atomic E-state index is 0.0373. The number of ether oxygens (including phenoxy) is 4. The molecule has 0 spiro atoms. The average molecular weight is 356 g/mol. The highest BCUT2D eigenvalue weighted by Crippen LogP contribution is 2.52. The quantitative estimate of drug-likeness (QED) is 0.727. The van der Waals surface area contributed by atoms with Gasteiger partial charge in [-0.25, -0.2) is 0 Å². The van der Waals surface area contributed by atoms with Crippen molar-refractivity contribution in [2.75, 3.05) is 21.3 Å². The molecule has 0 N–H and O–H groups in total. The molecule has 1 aromatic carbocycles. The minimum Gasteiger partial charge on any atom is -0.493 e. The second-order valence-electron chi connectivity index (χ2n) is 6.47. The van der Waals surface area contributed by atoms with Crippen molar-refractivity contribution in [3.8, 4) is 11.5 Å². The van der Waals surface area contributed by atoms with Gasteiger partial charge in [-0.3, -0.25) is 4.79 Å². The van der Waals surface area contributed by atoms with Gasteiger partial charge in [-0.2, -0.15) is 0 Å². The topological polar surface area (TPSA) is 54.0 Å². The number of carbonyl (C=O) groups excluding carboxylic acids is 1. The molecule has 1 fully saturated rings. The highest BCUT2D eigenvalue weighted by molar-refractivity contribution is 6.06. The number of rotatable bonds is 6. The van der Waals surface area contributed by atoms with Crippen LogP contribution in [0.2, 0.25) is 0 Å². The molecular formula is C21H24O5. The molecule has 0 bridgehead atoms. The molecule has 2 aliphatic rings. The number of carbonyl (C=O) groups is 1. The summed E-state index contributed by atoms with van der Waals surface area (Å²) in [4.78, 5) is 12.4. The zero-order chi connectivity index (χ0) is 18.9. The van der Waals surface area contributed by atoms with E-state index in [0.717, 1.165) is 5.56 Å². The Morgan fingerprint density at radius 1 is 1.23 bits per heavy atom. The number of methoxy groups -OCH3 is 3. The Hall–Kier alpha value is -2.53. The third-order valence-electron chi connectivity index (χ3n) is 5.18. The third-order valence-corrected chi connectivity index (χ3v) is 5.18. The summed E-state index contributed by atoms with van der Waals surface area (Å²) >= 11 is 0. The second kappa shape index (κ2) is 7.00. The predicted octanol–water partition coefficient (Wildman–Crippen LogP) is 3.77. The fourth-order valence-electron chi connectivity index (χ4n) is 3.72. The van der Waals surface area contributed by atoms with Crippen molar-refractivity contribution < 1.29 is 23.7 Å². The van der Waals surface area contributed by atoms with Crippen LogP contribution in [0.25, 0.3) is 0 Å². The van der Waals surface area contributed by atoms with E-state index in [2.05, 4.69) is 13.5 Å². The van der Waals surface area contributed by atoms with Crippen LogP contribution in [-0.4, -0.2) is 32.7 Å². The van der Waals surface area contributed by atoms with E-state index in [9.17, 15) is 4.79 Å². The van der Waals surface area contributed by atoms with Crippen molar-refractivity contribution in [1.29, 1.82) is 0 Å². The van der Waals surface area contributed by atoms with Gasteiger partial charge in [0.1, 0.15) is 17.5 Å². The van der Waals surface area contributed by atoms with Gasteiger partial charge in [-0.05, 0) is 30.2 Å². The van der Waals surface area contributed by atoms with E-state index in [4.69, 9.17) is 18.9 Å². The van der Waals surface area contributed by atoms with Crippen LogP contribution in [0, 0.1) is 5.92 Å². The van der Waals surface area contributed by atoms with E-state index < -0.39 is 5.60 Å². The van der Waals surface area contributed by atoms with Crippen molar-refractivity contribution in [3.05, 3.63) is 59.9 Å². The molecule has 5 heteroatoms. The Kier molecular flexibility index (Phi) is 4.92. The molecule has 0 radical (unpaired) electrons. The van der Waals surface area contributed by atoms with E-state index in [1.165, 1.54) is 0 Å². The van der Waals surface area contributed by atoms with Gasteiger partial charge in [0, 0.05) is 24.7 Å². The fourth-order valence-corrected chi connectivity index (χ4v) is 3.72. The molecule has 0 amide bonds. The zero-order valence-corrected chi connectivity index (χ0v) is 15.6. The number of benzene rings is 1. The van der Waals surface area contributed by atoms with Crippen LogP contribution >= 0.6 is 0 Å². The summed E-state index contributed by atoms with van der Waals surface area (Å²) in [5, 5.41) is 0. The van der Waals surface area contributed by atoms with Gasteiger partial charge < -0.3 is 18.9 Å². The molecule has 5 nitrogen and oxygen atoms in total. The summed E-state index contributed by atoms with van der Waals surface area (Å²) < 4.78 is 22.8. The smallest absolute Gasteiger partial charge is 0.185 e. The van der Waals surface area contributed by atoms with Crippen LogP contribution in [0.15, 0.2) is 54.3 Å².